The number of amides is 1. The molecule has 0 saturated carbocycles. The lowest BCUT2D eigenvalue weighted by Crippen LogP contribution is -2.49. The summed E-state index contributed by atoms with van der Waals surface area (Å²) in [6.07, 6.45) is 1.57. The number of benzene rings is 1. The molecule has 0 aliphatic carbocycles. The van der Waals surface area contributed by atoms with Gasteiger partial charge in [-0.2, -0.15) is 0 Å². The van der Waals surface area contributed by atoms with Crippen molar-refractivity contribution in [1.29, 1.82) is 0 Å². The highest BCUT2D eigenvalue weighted by Gasteiger charge is 2.26. The van der Waals surface area contributed by atoms with Crippen LogP contribution in [0.4, 0.5) is 5.82 Å². The van der Waals surface area contributed by atoms with Crippen molar-refractivity contribution < 1.29 is 9.53 Å². The molecule has 0 N–H and O–H groups in total. The van der Waals surface area contributed by atoms with Crippen molar-refractivity contribution in [2.24, 2.45) is 0 Å². The Morgan fingerprint density at radius 1 is 1.11 bits per heavy atom. The molecule has 0 spiro atoms. The van der Waals surface area contributed by atoms with Gasteiger partial charge in [0.05, 0.1) is 12.2 Å². The molecule has 1 amide bonds. The Bertz CT molecular complexity index is 858. The summed E-state index contributed by atoms with van der Waals surface area (Å²) in [6, 6.07) is 6.09. The number of aromatic nitrogens is 2. The van der Waals surface area contributed by atoms with Gasteiger partial charge in [-0.1, -0.05) is 6.07 Å². The molecule has 1 aliphatic rings. The first-order chi connectivity index (χ1) is 12.7. The molecule has 0 unspecified atom stereocenters. The van der Waals surface area contributed by atoms with Crippen LogP contribution in [-0.4, -0.2) is 53.1 Å². The van der Waals surface area contributed by atoms with E-state index in [-0.39, 0.29) is 11.5 Å². The molecule has 1 saturated heterocycles. The van der Waals surface area contributed by atoms with Crippen LogP contribution in [0.5, 0.6) is 5.75 Å². The zero-order valence-electron chi connectivity index (χ0n) is 17.0. The Morgan fingerprint density at radius 3 is 2.48 bits per heavy atom. The van der Waals surface area contributed by atoms with E-state index in [1.807, 2.05) is 51.8 Å². The monoisotopic (exact) mass is 368 g/mol. The van der Waals surface area contributed by atoms with Crippen LogP contribution in [0, 0.1) is 13.8 Å². The number of hydrogen-bond acceptors (Lipinski definition) is 5. The van der Waals surface area contributed by atoms with Gasteiger partial charge in [0.25, 0.3) is 0 Å². The molecule has 6 heteroatoms. The van der Waals surface area contributed by atoms with Crippen LogP contribution in [0.2, 0.25) is 0 Å². The Morgan fingerprint density at radius 2 is 1.85 bits per heavy atom. The molecule has 0 radical (unpaired) electrons. The van der Waals surface area contributed by atoms with Crippen molar-refractivity contribution >= 4 is 11.7 Å². The van der Waals surface area contributed by atoms with Gasteiger partial charge in [-0.3, -0.25) is 4.79 Å². The van der Waals surface area contributed by atoms with Crippen molar-refractivity contribution in [2.75, 3.05) is 31.6 Å². The average Bonchev–Trinajstić information content (AvgIpc) is 2.56. The number of carbonyl (C=O) groups excluding carboxylic acids is 1. The molecule has 3 rings (SSSR count). The van der Waals surface area contributed by atoms with E-state index in [4.69, 9.17) is 4.74 Å². The van der Waals surface area contributed by atoms with Crippen molar-refractivity contribution in [3.63, 3.8) is 0 Å². The number of likely N-dealkylation sites (N-methyl/N-ethyl adjacent to an activating group) is 1. The number of anilines is 1. The first-order valence-corrected chi connectivity index (χ1v) is 9.26. The average molecular weight is 368 g/mol. The van der Waals surface area contributed by atoms with E-state index in [1.165, 1.54) is 0 Å². The third-order valence-electron chi connectivity index (χ3n) is 4.66. The quantitative estimate of drug-likeness (QED) is 0.833. The Hall–Kier alpha value is -2.63. The first kappa shape index (κ1) is 19.1. The molecule has 27 heavy (non-hydrogen) atoms. The number of piperazine rings is 1. The first-order valence-electron chi connectivity index (χ1n) is 9.26. The van der Waals surface area contributed by atoms with Crippen LogP contribution in [0.1, 0.15) is 32.0 Å². The van der Waals surface area contributed by atoms with Gasteiger partial charge in [0.2, 0.25) is 5.91 Å². The maximum atomic E-state index is 12.2. The molecule has 0 bridgehead atoms. The largest absolute Gasteiger partial charge is 0.488 e. The van der Waals surface area contributed by atoms with Crippen LogP contribution in [0.3, 0.4) is 0 Å². The summed E-state index contributed by atoms with van der Waals surface area (Å²) in [5, 5.41) is 0. The predicted molar refractivity (Wildman–Crippen MR) is 107 cm³/mol. The summed E-state index contributed by atoms with van der Waals surface area (Å²) in [4.78, 5) is 24.9. The van der Waals surface area contributed by atoms with Gasteiger partial charge in [0.1, 0.15) is 23.5 Å². The molecular weight excluding hydrogens is 340 g/mol. The van der Waals surface area contributed by atoms with Gasteiger partial charge in [-0.05, 0) is 57.9 Å². The summed E-state index contributed by atoms with van der Waals surface area (Å²) in [5.41, 5.74) is 3.80. The Labute approximate surface area is 161 Å². The minimum Gasteiger partial charge on any atom is -0.488 e. The normalized spacial score (nSPS) is 15.3. The molecular formula is C21H28N4O2. The van der Waals surface area contributed by atoms with E-state index < -0.39 is 0 Å². The molecule has 2 aromatic rings. The van der Waals surface area contributed by atoms with E-state index in [0.717, 1.165) is 40.5 Å². The fraction of sp³-hybridized carbons (Fsp3) is 0.476. The molecule has 1 fully saturated rings. The number of aryl methyl sites for hydroxylation is 2. The molecule has 6 nitrogen and oxygen atoms in total. The molecule has 1 aromatic carbocycles. The highest BCUT2D eigenvalue weighted by atomic mass is 16.5. The smallest absolute Gasteiger partial charge is 0.241 e. The maximum absolute atomic E-state index is 12.2. The molecule has 1 aliphatic heterocycles. The lowest BCUT2D eigenvalue weighted by Gasteiger charge is -2.34. The second-order valence-corrected chi connectivity index (χ2v) is 8.09. The molecule has 0 atom stereocenters. The number of nitrogens with zero attached hydrogens (tertiary/aromatic N) is 4. The lowest BCUT2D eigenvalue weighted by atomic mass is 9.98. The highest BCUT2D eigenvalue weighted by molar-refractivity contribution is 5.86. The van der Waals surface area contributed by atoms with E-state index in [1.54, 1.807) is 11.2 Å². The minimum atomic E-state index is -0.245. The zero-order chi connectivity index (χ0) is 19.8. The van der Waals surface area contributed by atoms with Crippen LogP contribution < -0.4 is 9.64 Å². The van der Waals surface area contributed by atoms with E-state index in [9.17, 15) is 4.79 Å². The number of hydrogen-bond donors (Lipinski definition) is 0. The Kier molecular flexibility index (Phi) is 5.09. The van der Waals surface area contributed by atoms with Gasteiger partial charge in [0, 0.05) is 25.7 Å². The molecule has 1 aromatic heterocycles. The van der Waals surface area contributed by atoms with Crippen molar-refractivity contribution in [3.05, 3.63) is 35.8 Å². The third kappa shape index (κ3) is 4.21. The maximum Gasteiger partial charge on any atom is 0.241 e. The van der Waals surface area contributed by atoms with Crippen molar-refractivity contribution in [1.82, 2.24) is 14.9 Å². The number of rotatable bonds is 3. The highest BCUT2D eigenvalue weighted by Crippen LogP contribution is 2.35. The Balaban J connectivity index is 2.01. The molecule has 2 heterocycles. The fourth-order valence-corrected chi connectivity index (χ4v) is 3.29. The van der Waals surface area contributed by atoms with Gasteiger partial charge in [-0.15, -0.1) is 0 Å². The summed E-state index contributed by atoms with van der Waals surface area (Å²) >= 11 is 0. The van der Waals surface area contributed by atoms with Crippen LogP contribution in [-0.2, 0) is 4.79 Å². The third-order valence-corrected chi connectivity index (χ3v) is 4.66. The van der Waals surface area contributed by atoms with Gasteiger partial charge >= 0.3 is 0 Å². The van der Waals surface area contributed by atoms with Gasteiger partial charge < -0.3 is 14.5 Å². The van der Waals surface area contributed by atoms with E-state index in [0.29, 0.717) is 13.1 Å². The predicted octanol–water partition coefficient (Wildman–Crippen LogP) is 3.22. The zero-order valence-corrected chi connectivity index (χ0v) is 17.0. The minimum absolute atomic E-state index is 0.106. The van der Waals surface area contributed by atoms with Crippen molar-refractivity contribution in [2.45, 2.75) is 40.2 Å². The van der Waals surface area contributed by atoms with Crippen molar-refractivity contribution in [3.8, 4) is 16.9 Å². The fourth-order valence-electron chi connectivity index (χ4n) is 3.29. The number of ether oxygens (including phenoxy) is 1. The van der Waals surface area contributed by atoms with Crippen LogP contribution >= 0.6 is 0 Å². The van der Waals surface area contributed by atoms with Gasteiger partial charge in [-0.25, -0.2) is 9.97 Å². The lowest BCUT2D eigenvalue weighted by molar-refractivity contribution is -0.129. The van der Waals surface area contributed by atoms with Gasteiger partial charge in [0.15, 0.2) is 0 Å². The second-order valence-electron chi connectivity index (χ2n) is 8.09. The standard InChI is InChI=1S/C21H28N4O2/c1-14-11-16(27-21(3,4)5)7-8-17(14)19-15(2)22-13-23-20(19)25-10-9-24(6)18(26)12-25/h7-8,11,13H,9-10,12H2,1-6H3. The SMILES string of the molecule is Cc1cc(OC(C)(C)C)ccc1-c1c(C)ncnc1N1CCN(C)C(=O)C1. The van der Waals surface area contributed by atoms with Crippen LogP contribution in [0.15, 0.2) is 24.5 Å². The summed E-state index contributed by atoms with van der Waals surface area (Å²) in [6.45, 7) is 11.9. The van der Waals surface area contributed by atoms with E-state index >= 15 is 0 Å². The number of carbonyl (C=O) groups is 1. The topological polar surface area (TPSA) is 58.6 Å². The molecule has 144 valence electrons. The summed E-state index contributed by atoms with van der Waals surface area (Å²) < 4.78 is 5.98. The van der Waals surface area contributed by atoms with E-state index in [2.05, 4.69) is 23.0 Å². The van der Waals surface area contributed by atoms with Crippen LogP contribution in [0.25, 0.3) is 11.1 Å². The summed E-state index contributed by atoms with van der Waals surface area (Å²) in [7, 11) is 1.84. The summed E-state index contributed by atoms with van der Waals surface area (Å²) in [5.74, 6) is 1.76. The second kappa shape index (κ2) is 7.18.